The summed E-state index contributed by atoms with van der Waals surface area (Å²) in [5.41, 5.74) is 5.31. The van der Waals surface area contributed by atoms with Crippen LogP contribution in [0, 0.1) is 0 Å². The van der Waals surface area contributed by atoms with E-state index in [1.807, 2.05) is 6.92 Å². The van der Waals surface area contributed by atoms with Gasteiger partial charge in [0.25, 0.3) is 0 Å². The lowest BCUT2D eigenvalue weighted by molar-refractivity contribution is 0.556. The fraction of sp³-hybridized carbons (Fsp3) is 0.600. The molecule has 1 aromatic rings. The van der Waals surface area contributed by atoms with Gasteiger partial charge in [-0.25, -0.2) is 23.1 Å². The van der Waals surface area contributed by atoms with Crippen LogP contribution in [0.25, 0.3) is 0 Å². The molecule has 8 heteroatoms. The van der Waals surface area contributed by atoms with Gasteiger partial charge in [0.05, 0.1) is 12.4 Å². The minimum atomic E-state index is -3.55. The first kappa shape index (κ1) is 15.2. The van der Waals surface area contributed by atoms with Gasteiger partial charge in [0, 0.05) is 6.04 Å². The fourth-order valence-corrected chi connectivity index (χ4v) is 3.24. The number of nitrogens with zero attached hydrogens (tertiary/aromatic N) is 2. The van der Waals surface area contributed by atoms with Crippen LogP contribution < -0.4 is 10.5 Å². The summed E-state index contributed by atoms with van der Waals surface area (Å²) >= 11 is 1.78. The van der Waals surface area contributed by atoms with E-state index in [1.165, 1.54) is 12.4 Å². The molecular formula is C10H18N4O2S2. The van der Waals surface area contributed by atoms with Crippen LogP contribution in [-0.4, -0.2) is 35.9 Å². The van der Waals surface area contributed by atoms with E-state index in [4.69, 9.17) is 5.73 Å². The Morgan fingerprint density at radius 3 is 2.61 bits per heavy atom. The van der Waals surface area contributed by atoms with Crippen LogP contribution in [0.1, 0.15) is 20.3 Å². The third-order valence-electron chi connectivity index (χ3n) is 2.21. The molecule has 0 aromatic carbocycles. The highest BCUT2D eigenvalue weighted by atomic mass is 32.2. The van der Waals surface area contributed by atoms with Crippen LogP contribution in [0.3, 0.4) is 0 Å². The molecule has 1 heterocycles. The van der Waals surface area contributed by atoms with Crippen LogP contribution in [0.2, 0.25) is 0 Å². The predicted molar refractivity (Wildman–Crippen MR) is 73.8 cm³/mol. The summed E-state index contributed by atoms with van der Waals surface area (Å²) in [6.45, 7) is 3.91. The van der Waals surface area contributed by atoms with E-state index in [2.05, 4.69) is 21.6 Å². The summed E-state index contributed by atoms with van der Waals surface area (Å²) in [6.07, 6.45) is 3.20. The highest BCUT2D eigenvalue weighted by Gasteiger charge is 2.17. The average Bonchev–Trinajstić information content (AvgIpc) is 2.29. The molecule has 0 aliphatic rings. The third kappa shape index (κ3) is 4.79. The number of nitrogen functional groups attached to an aromatic ring is 1. The van der Waals surface area contributed by atoms with Gasteiger partial charge in [0.1, 0.15) is 4.90 Å². The van der Waals surface area contributed by atoms with Crippen molar-refractivity contribution in [2.75, 3.05) is 17.2 Å². The second-order valence-corrected chi connectivity index (χ2v) is 6.89. The molecule has 1 rings (SSSR count). The van der Waals surface area contributed by atoms with Crippen molar-refractivity contribution in [2.24, 2.45) is 0 Å². The predicted octanol–water partition coefficient (Wildman–Crippen LogP) is 0.869. The van der Waals surface area contributed by atoms with Crippen molar-refractivity contribution >= 4 is 27.7 Å². The molecule has 0 bridgehead atoms. The summed E-state index contributed by atoms with van der Waals surface area (Å²) in [7, 11) is -3.55. The van der Waals surface area contributed by atoms with Crippen molar-refractivity contribution in [1.29, 1.82) is 0 Å². The lowest BCUT2D eigenvalue weighted by atomic mass is 10.3. The number of nitrogens with one attached hydrogen (secondary N) is 1. The highest BCUT2D eigenvalue weighted by molar-refractivity contribution is 7.99. The maximum Gasteiger partial charge on any atom is 0.243 e. The summed E-state index contributed by atoms with van der Waals surface area (Å²) in [4.78, 5) is 7.38. The number of anilines is 1. The summed E-state index contributed by atoms with van der Waals surface area (Å²) in [5, 5.41) is 0. The van der Waals surface area contributed by atoms with Crippen LogP contribution in [0.4, 0.5) is 5.95 Å². The molecule has 0 aliphatic carbocycles. The quantitative estimate of drug-likeness (QED) is 0.723. The molecule has 3 N–H and O–H groups in total. The van der Waals surface area contributed by atoms with Gasteiger partial charge in [-0.05, 0) is 24.9 Å². The number of thioether (sulfide) groups is 1. The van der Waals surface area contributed by atoms with Gasteiger partial charge in [-0.15, -0.1) is 0 Å². The zero-order valence-corrected chi connectivity index (χ0v) is 12.1. The Kier molecular flexibility index (Phi) is 5.83. The third-order valence-corrected chi connectivity index (χ3v) is 4.69. The van der Waals surface area contributed by atoms with Crippen molar-refractivity contribution in [1.82, 2.24) is 14.7 Å². The first-order valence-electron chi connectivity index (χ1n) is 5.63. The normalized spacial score (nSPS) is 13.4. The Bertz CT molecular complexity index is 461. The second-order valence-electron chi connectivity index (χ2n) is 3.78. The van der Waals surface area contributed by atoms with E-state index >= 15 is 0 Å². The van der Waals surface area contributed by atoms with E-state index in [0.717, 1.165) is 17.9 Å². The first-order chi connectivity index (χ1) is 8.45. The lowest BCUT2D eigenvalue weighted by Crippen LogP contribution is -2.33. The number of nitrogens with two attached hydrogens (primary N) is 1. The molecule has 102 valence electrons. The summed E-state index contributed by atoms with van der Waals surface area (Å²) in [5.74, 6) is 2.02. The highest BCUT2D eigenvalue weighted by Crippen LogP contribution is 2.09. The Labute approximate surface area is 112 Å². The average molecular weight is 290 g/mol. The molecule has 18 heavy (non-hydrogen) atoms. The Morgan fingerprint density at radius 2 is 2.06 bits per heavy atom. The molecule has 1 aromatic heterocycles. The maximum absolute atomic E-state index is 11.9. The minimum absolute atomic E-state index is 0.0340. The molecule has 0 fully saturated rings. The molecule has 6 nitrogen and oxygen atoms in total. The Morgan fingerprint density at radius 1 is 1.44 bits per heavy atom. The van der Waals surface area contributed by atoms with Gasteiger partial charge in [-0.3, -0.25) is 0 Å². The van der Waals surface area contributed by atoms with E-state index < -0.39 is 10.0 Å². The van der Waals surface area contributed by atoms with E-state index in [0.29, 0.717) is 0 Å². The molecule has 0 aliphatic heterocycles. The summed E-state index contributed by atoms with van der Waals surface area (Å²) < 4.78 is 26.5. The van der Waals surface area contributed by atoms with Crippen molar-refractivity contribution in [3.8, 4) is 0 Å². The number of sulfonamides is 1. The summed E-state index contributed by atoms with van der Waals surface area (Å²) in [6, 6.07) is -0.119. The van der Waals surface area contributed by atoms with Gasteiger partial charge < -0.3 is 5.73 Å². The standard InChI is InChI=1S/C10H18N4O2S2/c1-3-17-5-4-8(2)14-18(15,16)9-6-12-10(11)13-7-9/h6-8,14H,3-5H2,1-2H3,(H2,11,12,13). The number of hydrogen-bond acceptors (Lipinski definition) is 6. The van der Waals surface area contributed by atoms with E-state index in [-0.39, 0.29) is 16.9 Å². The number of aromatic nitrogens is 2. The van der Waals surface area contributed by atoms with Crippen LogP contribution in [0.5, 0.6) is 0 Å². The van der Waals surface area contributed by atoms with E-state index in [1.54, 1.807) is 11.8 Å². The number of hydrogen-bond donors (Lipinski definition) is 2. The maximum atomic E-state index is 11.9. The SMILES string of the molecule is CCSCCC(C)NS(=O)(=O)c1cnc(N)nc1. The molecule has 0 saturated carbocycles. The Balaban J connectivity index is 2.61. The molecule has 0 radical (unpaired) electrons. The van der Waals surface area contributed by atoms with Crippen molar-refractivity contribution in [2.45, 2.75) is 31.2 Å². The molecule has 0 spiro atoms. The monoisotopic (exact) mass is 290 g/mol. The van der Waals surface area contributed by atoms with Crippen molar-refractivity contribution < 1.29 is 8.42 Å². The second kappa shape index (κ2) is 6.91. The van der Waals surface area contributed by atoms with Gasteiger partial charge in [-0.2, -0.15) is 11.8 Å². The Hall–Kier alpha value is -0.860. The van der Waals surface area contributed by atoms with Crippen LogP contribution >= 0.6 is 11.8 Å². The zero-order valence-electron chi connectivity index (χ0n) is 10.5. The molecular weight excluding hydrogens is 272 g/mol. The van der Waals surface area contributed by atoms with Crippen molar-refractivity contribution in [3.05, 3.63) is 12.4 Å². The van der Waals surface area contributed by atoms with Crippen LogP contribution in [0.15, 0.2) is 17.3 Å². The zero-order chi connectivity index (χ0) is 13.6. The minimum Gasteiger partial charge on any atom is -0.368 e. The molecule has 0 amide bonds. The molecule has 0 saturated heterocycles. The van der Waals surface area contributed by atoms with Gasteiger partial charge >= 0.3 is 0 Å². The molecule has 1 atom stereocenters. The van der Waals surface area contributed by atoms with Crippen LogP contribution in [-0.2, 0) is 10.0 Å². The van der Waals surface area contributed by atoms with Crippen molar-refractivity contribution in [3.63, 3.8) is 0 Å². The lowest BCUT2D eigenvalue weighted by Gasteiger charge is -2.13. The smallest absolute Gasteiger partial charge is 0.243 e. The fourth-order valence-electron chi connectivity index (χ4n) is 1.26. The number of rotatable bonds is 7. The van der Waals surface area contributed by atoms with E-state index in [9.17, 15) is 8.42 Å². The van der Waals surface area contributed by atoms with Gasteiger partial charge in [0.15, 0.2) is 0 Å². The van der Waals surface area contributed by atoms with Gasteiger partial charge in [0.2, 0.25) is 16.0 Å². The molecule has 1 unspecified atom stereocenters. The largest absolute Gasteiger partial charge is 0.368 e. The first-order valence-corrected chi connectivity index (χ1v) is 8.27. The van der Waals surface area contributed by atoms with Gasteiger partial charge in [-0.1, -0.05) is 6.92 Å². The topological polar surface area (TPSA) is 98.0 Å².